The van der Waals surface area contributed by atoms with E-state index < -0.39 is 0 Å². The van der Waals surface area contributed by atoms with Gasteiger partial charge in [-0.25, -0.2) is 0 Å². The minimum Gasteiger partial charge on any atom is -0.0924 e. The topological polar surface area (TPSA) is 0 Å². The van der Waals surface area contributed by atoms with E-state index in [1.54, 1.807) is 5.56 Å². The highest BCUT2D eigenvalue weighted by Gasteiger charge is 2.18. The summed E-state index contributed by atoms with van der Waals surface area (Å²) in [4.78, 5) is 0. The van der Waals surface area contributed by atoms with Crippen LogP contribution in [0.2, 0.25) is 0 Å². The maximum Gasteiger partial charge on any atom is 0.00718 e. The largest absolute Gasteiger partial charge is 0.0924 e. The fourth-order valence-electron chi connectivity index (χ4n) is 1.85. The minimum absolute atomic E-state index is 0.871. The molecule has 0 amide bonds. The Balaban J connectivity index is 2.11. The normalized spacial score (nSPS) is 17.0. The van der Waals surface area contributed by atoms with Crippen LogP contribution in [0.4, 0.5) is 0 Å². The summed E-state index contributed by atoms with van der Waals surface area (Å²) in [7, 11) is 0. The standard InChI is InChI=1S/C12H15Br/c13-8-7-10-3-1-6-12(9-10)11-4-2-5-11/h1,3,6,9,11H,2,4-5,7-8H2. The fourth-order valence-corrected chi connectivity index (χ4v) is 2.31. The molecule has 13 heavy (non-hydrogen) atoms. The molecule has 0 unspecified atom stereocenters. The lowest BCUT2D eigenvalue weighted by atomic mass is 9.79. The van der Waals surface area contributed by atoms with E-state index >= 15 is 0 Å². The van der Waals surface area contributed by atoms with Gasteiger partial charge >= 0.3 is 0 Å². The van der Waals surface area contributed by atoms with Gasteiger partial charge in [0.1, 0.15) is 0 Å². The molecule has 1 saturated carbocycles. The van der Waals surface area contributed by atoms with Gasteiger partial charge in [0.15, 0.2) is 0 Å². The monoisotopic (exact) mass is 238 g/mol. The lowest BCUT2D eigenvalue weighted by Crippen LogP contribution is -2.08. The third kappa shape index (κ3) is 2.14. The molecular weight excluding hydrogens is 224 g/mol. The van der Waals surface area contributed by atoms with Crippen LogP contribution in [0.1, 0.15) is 36.3 Å². The van der Waals surface area contributed by atoms with Gasteiger partial charge in [-0.15, -0.1) is 0 Å². The van der Waals surface area contributed by atoms with Crippen LogP contribution < -0.4 is 0 Å². The number of rotatable bonds is 3. The number of halogens is 1. The zero-order valence-corrected chi connectivity index (χ0v) is 9.39. The average molecular weight is 239 g/mol. The molecule has 1 aliphatic carbocycles. The van der Waals surface area contributed by atoms with Gasteiger partial charge in [0.05, 0.1) is 0 Å². The number of alkyl halides is 1. The highest BCUT2D eigenvalue weighted by Crippen LogP contribution is 2.36. The molecule has 0 N–H and O–H groups in total. The molecule has 1 aromatic rings. The molecule has 1 heteroatoms. The van der Waals surface area contributed by atoms with Crippen molar-refractivity contribution in [3.63, 3.8) is 0 Å². The van der Waals surface area contributed by atoms with Crippen molar-refractivity contribution in [3.05, 3.63) is 35.4 Å². The van der Waals surface area contributed by atoms with Gasteiger partial charge in [0, 0.05) is 5.33 Å². The predicted molar refractivity (Wildman–Crippen MR) is 60.5 cm³/mol. The lowest BCUT2D eigenvalue weighted by molar-refractivity contribution is 0.419. The van der Waals surface area contributed by atoms with Crippen molar-refractivity contribution in [2.75, 3.05) is 5.33 Å². The van der Waals surface area contributed by atoms with Crippen molar-refractivity contribution in [2.24, 2.45) is 0 Å². The molecule has 0 aliphatic heterocycles. The smallest absolute Gasteiger partial charge is 0.00718 e. The first kappa shape index (κ1) is 9.26. The van der Waals surface area contributed by atoms with Crippen LogP contribution >= 0.6 is 15.9 Å². The van der Waals surface area contributed by atoms with Crippen LogP contribution in [0.5, 0.6) is 0 Å². The number of aryl methyl sites for hydroxylation is 1. The summed E-state index contributed by atoms with van der Waals surface area (Å²) in [5.41, 5.74) is 3.03. The third-order valence-corrected chi connectivity index (χ3v) is 3.31. The molecule has 0 spiro atoms. The van der Waals surface area contributed by atoms with E-state index in [1.165, 1.54) is 24.8 Å². The number of hydrogen-bond acceptors (Lipinski definition) is 0. The summed E-state index contributed by atoms with van der Waals surface area (Å²) in [6.45, 7) is 0. The van der Waals surface area contributed by atoms with E-state index in [-0.39, 0.29) is 0 Å². The fraction of sp³-hybridized carbons (Fsp3) is 0.500. The van der Waals surface area contributed by atoms with Crippen molar-refractivity contribution in [3.8, 4) is 0 Å². The van der Waals surface area contributed by atoms with Gasteiger partial charge in [0.25, 0.3) is 0 Å². The Morgan fingerprint density at radius 2 is 2.15 bits per heavy atom. The van der Waals surface area contributed by atoms with Crippen LogP contribution in [0.25, 0.3) is 0 Å². The Labute approximate surface area is 88.5 Å². The second-order valence-corrected chi connectivity index (χ2v) is 4.60. The zero-order valence-electron chi connectivity index (χ0n) is 7.80. The number of hydrogen-bond donors (Lipinski definition) is 0. The van der Waals surface area contributed by atoms with E-state index in [0.29, 0.717) is 0 Å². The molecule has 0 saturated heterocycles. The Morgan fingerprint density at radius 3 is 2.77 bits per heavy atom. The Morgan fingerprint density at radius 1 is 1.31 bits per heavy atom. The molecule has 0 nitrogen and oxygen atoms in total. The van der Waals surface area contributed by atoms with Gasteiger partial charge in [0.2, 0.25) is 0 Å². The molecule has 0 bridgehead atoms. The van der Waals surface area contributed by atoms with Crippen LogP contribution in [-0.2, 0) is 6.42 Å². The van der Waals surface area contributed by atoms with Gasteiger partial charge < -0.3 is 0 Å². The minimum atomic E-state index is 0.871. The summed E-state index contributed by atoms with van der Waals surface area (Å²) in [5.74, 6) is 0.871. The summed E-state index contributed by atoms with van der Waals surface area (Å²) in [5, 5.41) is 1.07. The van der Waals surface area contributed by atoms with Crippen molar-refractivity contribution >= 4 is 15.9 Å². The highest BCUT2D eigenvalue weighted by atomic mass is 79.9. The summed E-state index contributed by atoms with van der Waals surface area (Å²) >= 11 is 3.48. The lowest BCUT2D eigenvalue weighted by Gasteiger charge is -2.26. The van der Waals surface area contributed by atoms with Gasteiger partial charge in [-0.2, -0.15) is 0 Å². The molecule has 0 aromatic heterocycles. The van der Waals surface area contributed by atoms with Crippen LogP contribution in [0.15, 0.2) is 24.3 Å². The summed E-state index contributed by atoms with van der Waals surface area (Å²) in [6.07, 6.45) is 5.38. The highest BCUT2D eigenvalue weighted by molar-refractivity contribution is 9.09. The molecule has 1 fully saturated rings. The zero-order chi connectivity index (χ0) is 9.10. The third-order valence-electron chi connectivity index (χ3n) is 2.91. The molecule has 0 heterocycles. The van der Waals surface area contributed by atoms with E-state index in [2.05, 4.69) is 40.2 Å². The maximum atomic E-state index is 3.48. The van der Waals surface area contributed by atoms with Crippen molar-refractivity contribution in [1.82, 2.24) is 0 Å². The Hall–Kier alpha value is -0.300. The van der Waals surface area contributed by atoms with E-state index in [1.807, 2.05) is 0 Å². The molecule has 2 rings (SSSR count). The summed E-state index contributed by atoms with van der Waals surface area (Å²) in [6, 6.07) is 9.09. The summed E-state index contributed by atoms with van der Waals surface area (Å²) < 4.78 is 0. The van der Waals surface area contributed by atoms with Crippen LogP contribution in [0, 0.1) is 0 Å². The first-order valence-electron chi connectivity index (χ1n) is 5.05. The molecule has 0 radical (unpaired) electrons. The maximum absolute atomic E-state index is 3.48. The molecule has 1 aliphatic rings. The van der Waals surface area contributed by atoms with E-state index in [9.17, 15) is 0 Å². The van der Waals surface area contributed by atoms with Crippen LogP contribution in [-0.4, -0.2) is 5.33 Å². The molecule has 1 aromatic carbocycles. The second kappa shape index (κ2) is 4.28. The average Bonchev–Trinajstić information content (AvgIpc) is 2.02. The van der Waals surface area contributed by atoms with Crippen molar-refractivity contribution in [2.45, 2.75) is 31.6 Å². The predicted octanol–water partition coefficient (Wildman–Crippen LogP) is 3.89. The first-order chi connectivity index (χ1) is 6.40. The van der Waals surface area contributed by atoms with Gasteiger partial charge in [-0.3, -0.25) is 0 Å². The quantitative estimate of drug-likeness (QED) is 0.702. The first-order valence-corrected chi connectivity index (χ1v) is 6.17. The Kier molecular flexibility index (Phi) is 3.05. The number of benzene rings is 1. The molecule has 70 valence electrons. The molecule has 0 atom stereocenters. The van der Waals surface area contributed by atoms with Gasteiger partial charge in [-0.1, -0.05) is 46.6 Å². The Bertz CT molecular complexity index is 276. The van der Waals surface area contributed by atoms with Crippen molar-refractivity contribution in [1.29, 1.82) is 0 Å². The van der Waals surface area contributed by atoms with Crippen LogP contribution in [0.3, 0.4) is 0 Å². The molecular formula is C12H15Br. The van der Waals surface area contributed by atoms with Crippen molar-refractivity contribution < 1.29 is 0 Å². The second-order valence-electron chi connectivity index (χ2n) is 3.81. The SMILES string of the molecule is BrCCc1cccc(C2CCC2)c1. The van der Waals surface area contributed by atoms with E-state index in [0.717, 1.165) is 17.7 Å². The van der Waals surface area contributed by atoms with Gasteiger partial charge in [-0.05, 0) is 36.3 Å². The van der Waals surface area contributed by atoms with E-state index in [4.69, 9.17) is 0 Å².